The molecule has 1 amide bonds. The summed E-state index contributed by atoms with van der Waals surface area (Å²) in [4.78, 5) is 25.3. The van der Waals surface area contributed by atoms with Gasteiger partial charge in [-0.05, 0) is 61.6 Å². The van der Waals surface area contributed by atoms with Gasteiger partial charge in [0.05, 0.1) is 30.6 Å². The second-order valence-corrected chi connectivity index (χ2v) is 11.4. The molecular formula is C24H26Cl2N2O6S. The number of carbonyl (C=O) groups is 2. The minimum absolute atomic E-state index is 0.0768. The summed E-state index contributed by atoms with van der Waals surface area (Å²) in [6.07, 6.45) is 3.07. The molecule has 188 valence electrons. The zero-order valence-electron chi connectivity index (χ0n) is 19.1. The summed E-state index contributed by atoms with van der Waals surface area (Å²) in [7, 11) is -2.75. The summed E-state index contributed by atoms with van der Waals surface area (Å²) in [5.41, 5.74) is 0.681. The highest BCUT2D eigenvalue weighted by molar-refractivity contribution is 7.89. The van der Waals surface area contributed by atoms with Gasteiger partial charge in [0.2, 0.25) is 15.9 Å². The van der Waals surface area contributed by atoms with Crippen molar-refractivity contribution < 1.29 is 27.5 Å². The molecule has 11 heteroatoms. The van der Waals surface area contributed by atoms with Crippen molar-refractivity contribution in [3.63, 3.8) is 0 Å². The predicted molar refractivity (Wildman–Crippen MR) is 131 cm³/mol. The van der Waals surface area contributed by atoms with Gasteiger partial charge in [0.15, 0.2) is 0 Å². The molecule has 1 heterocycles. The van der Waals surface area contributed by atoms with Crippen LogP contribution in [0.1, 0.15) is 43.7 Å². The Labute approximate surface area is 214 Å². The fourth-order valence-corrected chi connectivity index (χ4v) is 6.41. The highest BCUT2D eigenvalue weighted by atomic mass is 35.5. The third-order valence-corrected chi connectivity index (χ3v) is 8.30. The standard InChI is InChI=1S/C24H26Cl2N2O6S/c1-33-23(29)14-21(15-4-6-18(7-5-15)34-19-8-9-19)27-24(30)22-3-2-10-28(22)35(31,32)20-12-16(25)11-17(26)13-20/h4-7,11-13,19,21-22H,2-3,8-10,14H2,1H3,(H,27,30)/t21-,22+/m1/s1. The Morgan fingerprint density at radius 1 is 1.09 bits per heavy atom. The van der Waals surface area contributed by atoms with Crippen molar-refractivity contribution in [3.8, 4) is 5.75 Å². The maximum atomic E-state index is 13.3. The van der Waals surface area contributed by atoms with E-state index in [1.165, 1.54) is 25.3 Å². The first-order valence-corrected chi connectivity index (χ1v) is 13.5. The van der Waals surface area contributed by atoms with Gasteiger partial charge in [-0.2, -0.15) is 4.31 Å². The van der Waals surface area contributed by atoms with Crippen LogP contribution in [-0.4, -0.2) is 50.4 Å². The fourth-order valence-electron chi connectivity index (χ4n) is 4.03. The van der Waals surface area contributed by atoms with E-state index in [1.54, 1.807) is 24.3 Å². The predicted octanol–water partition coefficient (Wildman–Crippen LogP) is 4.11. The van der Waals surface area contributed by atoms with Gasteiger partial charge >= 0.3 is 5.97 Å². The third-order valence-electron chi connectivity index (χ3n) is 5.97. The van der Waals surface area contributed by atoms with Gasteiger partial charge in [-0.15, -0.1) is 0 Å². The van der Waals surface area contributed by atoms with E-state index < -0.39 is 34.0 Å². The Kier molecular flexibility index (Phi) is 7.90. The lowest BCUT2D eigenvalue weighted by Crippen LogP contribution is -2.47. The Bertz CT molecular complexity index is 1180. The molecule has 0 radical (unpaired) electrons. The highest BCUT2D eigenvalue weighted by Gasteiger charge is 2.40. The lowest BCUT2D eigenvalue weighted by molar-refractivity contribution is -0.141. The maximum Gasteiger partial charge on any atom is 0.307 e. The number of carbonyl (C=O) groups excluding carboxylic acids is 2. The van der Waals surface area contributed by atoms with Crippen molar-refractivity contribution in [1.29, 1.82) is 0 Å². The lowest BCUT2D eigenvalue weighted by Gasteiger charge is -2.26. The van der Waals surface area contributed by atoms with Crippen LogP contribution in [0.15, 0.2) is 47.4 Å². The molecule has 2 fully saturated rings. The molecule has 4 rings (SSSR count). The third kappa shape index (κ3) is 6.27. The smallest absolute Gasteiger partial charge is 0.307 e. The van der Waals surface area contributed by atoms with E-state index in [9.17, 15) is 18.0 Å². The minimum Gasteiger partial charge on any atom is -0.490 e. The molecule has 2 atom stereocenters. The zero-order chi connectivity index (χ0) is 25.2. The first-order chi connectivity index (χ1) is 16.7. The van der Waals surface area contributed by atoms with Gasteiger partial charge in [-0.1, -0.05) is 35.3 Å². The van der Waals surface area contributed by atoms with Gasteiger partial charge in [-0.25, -0.2) is 8.42 Å². The molecule has 2 aromatic carbocycles. The molecule has 0 spiro atoms. The number of ether oxygens (including phenoxy) is 2. The number of nitrogens with one attached hydrogen (secondary N) is 1. The van der Waals surface area contributed by atoms with E-state index in [0.29, 0.717) is 24.2 Å². The van der Waals surface area contributed by atoms with Gasteiger partial charge in [0.25, 0.3) is 0 Å². The molecular weight excluding hydrogens is 515 g/mol. The number of nitrogens with zero attached hydrogens (tertiary/aromatic N) is 1. The normalized spacial score (nSPS) is 19.2. The largest absolute Gasteiger partial charge is 0.490 e. The molecule has 35 heavy (non-hydrogen) atoms. The fraction of sp³-hybridized carbons (Fsp3) is 0.417. The molecule has 1 aliphatic carbocycles. The highest BCUT2D eigenvalue weighted by Crippen LogP contribution is 2.31. The molecule has 0 aromatic heterocycles. The van der Waals surface area contributed by atoms with Crippen LogP contribution in [0.4, 0.5) is 0 Å². The number of methoxy groups -OCH3 is 1. The Balaban J connectivity index is 1.53. The number of halogens is 2. The molecule has 1 saturated heterocycles. The number of rotatable bonds is 9. The minimum atomic E-state index is -4.02. The average Bonchev–Trinajstić information content (AvgIpc) is 3.48. The van der Waals surface area contributed by atoms with Crippen LogP contribution < -0.4 is 10.1 Å². The summed E-state index contributed by atoms with van der Waals surface area (Å²) in [6.45, 7) is 0.180. The lowest BCUT2D eigenvalue weighted by atomic mass is 10.0. The van der Waals surface area contributed by atoms with Crippen LogP contribution >= 0.6 is 23.2 Å². The quantitative estimate of drug-likeness (QED) is 0.480. The number of amides is 1. The van der Waals surface area contributed by atoms with E-state index in [0.717, 1.165) is 17.1 Å². The average molecular weight is 541 g/mol. The van der Waals surface area contributed by atoms with Gasteiger partial charge in [0.1, 0.15) is 11.8 Å². The van der Waals surface area contributed by atoms with Crippen LogP contribution in [0.2, 0.25) is 10.0 Å². The first kappa shape index (κ1) is 25.8. The number of esters is 1. The van der Waals surface area contributed by atoms with Crippen LogP contribution in [-0.2, 0) is 24.3 Å². The van der Waals surface area contributed by atoms with E-state index in [2.05, 4.69) is 5.32 Å². The first-order valence-electron chi connectivity index (χ1n) is 11.3. The number of sulfonamides is 1. The number of hydrogen-bond acceptors (Lipinski definition) is 6. The van der Waals surface area contributed by atoms with E-state index in [1.807, 2.05) is 0 Å². The van der Waals surface area contributed by atoms with Crippen molar-refractivity contribution in [2.24, 2.45) is 0 Å². The molecule has 8 nitrogen and oxygen atoms in total. The van der Waals surface area contributed by atoms with Gasteiger partial charge in [0, 0.05) is 16.6 Å². The Morgan fingerprint density at radius 3 is 2.34 bits per heavy atom. The van der Waals surface area contributed by atoms with Crippen LogP contribution in [0.25, 0.3) is 0 Å². The van der Waals surface area contributed by atoms with E-state index in [-0.39, 0.29) is 34.0 Å². The van der Waals surface area contributed by atoms with Crippen molar-refractivity contribution in [2.45, 2.75) is 55.2 Å². The second-order valence-electron chi connectivity index (χ2n) is 8.61. The maximum absolute atomic E-state index is 13.3. The summed E-state index contributed by atoms with van der Waals surface area (Å²) in [6, 6.07) is 9.56. The summed E-state index contributed by atoms with van der Waals surface area (Å²) < 4.78 is 38.3. The summed E-state index contributed by atoms with van der Waals surface area (Å²) >= 11 is 12.0. The van der Waals surface area contributed by atoms with Crippen molar-refractivity contribution in [2.75, 3.05) is 13.7 Å². The number of benzene rings is 2. The molecule has 2 aliphatic rings. The van der Waals surface area contributed by atoms with Crippen LogP contribution in [0.5, 0.6) is 5.75 Å². The monoisotopic (exact) mass is 540 g/mol. The van der Waals surface area contributed by atoms with Crippen LogP contribution in [0, 0.1) is 0 Å². The van der Waals surface area contributed by atoms with E-state index >= 15 is 0 Å². The second kappa shape index (κ2) is 10.7. The Morgan fingerprint density at radius 2 is 1.74 bits per heavy atom. The molecule has 1 aliphatic heterocycles. The van der Waals surface area contributed by atoms with Gasteiger partial charge < -0.3 is 14.8 Å². The molecule has 1 N–H and O–H groups in total. The molecule has 0 unspecified atom stereocenters. The van der Waals surface area contributed by atoms with Crippen molar-refractivity contribution in [3.05, 3.63) is 58.1 Å². The molecule has 2 aromatic rings. The topological polar surface area (TPSA) is 102 Å². The SMILES string of the molecule is COC(=O)C[C@@H](NC(=O)[C@@H]1CCCN1S(=O)(=O)c1cc(Cl)cc(Cl)c1)c1ccc(OC2CC2)cc1. The summed E-state index contributed by atoms with van der Waals surface area (Å²) in [5, 5.41) is 3.22. The van der Waals surface area contributed by atoms with Crippen LogP contribution in [0.3, 0.4) is 0 Å². The molecule has 0 bridgehead atoms. The van der Waals surface area contributed by atoms with Crippen molar-refractivity contribution >= 4 is 45.1 Å². The van der Waals surface area contributed by atoms with Crippen molar-refractivity contribution in [1.82, 2.24) is 9.62 Å². The van der Waals surface area contributed by atoms with Gasteiger partial charge in [-0.3, -0.25) is 9.59 Å². The summed E-state index contributed by atoms with van der Waals surface area (Å²) in [5.74, 6) is -0.280. The Hall–Kier alpha value is -2.33. The van der Waals surface area contributed by atoms with E-state index in [4.69, 9.17) is 32.7 Å². The zero-order valence-corrected chi connectivity index (χ0v) is 21.4. The molecule has 1 saturated carbocycles. The number of hydrogen-bond donors (Lipinski definition) is 1.